The highest BCUT2D eigenvalue weighted by Crippen LogP contribution is 2.69. The molecule has 4 saturated carbocycles. The molecular weight excluding hydrogens is 487 g/mol. The van der Waals surface area contributed by atoms with E-state index in [4.69, 9.17) is 9.05 Å². The second kappa shape index (κ2) is 11.3. The van der Waals surface area contributed by atoms with Gasteiger partial charge in [0.1, 0.15) is 0 Å². The molecule has 4 fully saturated rings. The lowest BCUT2D eigenvalue weighted by molar-refractivity contribution is -0.127. The number of hydrogen-bond acceptors (Lipinski definition) is 3. The lowest BCUT2D eigenvalue weighted by Crippen LogP contribution is -2.54. The molecule has 0 amide bonds. The van der Waals surface area contributed by atoms with Gasteiger partial charge in [0.2, 0.25) is 0 Å². The van der Waals surface area contributed by atoms with Gasteiger partial charge in [-0.1, -0.05) is 72.1 Å². The quantitative estimate of drug-likeness (QED) is 0.291. The van der Waals surface area contributed by atoms with Gasteiger partial charge in [-0.3, -0.25) is 4.57 Å². The Labute approximate surface area is 233 Å². The molecule has 0 bridgehead atoms. The summed E-state index contributed by atoms with van der Waals surface area (Å²) in [5.41, 5.74) is 0.970. The highest BCUT2D eigenvalue weighted by Gasteiger charge is 2.60. The zero-order chi connectivity index (χ0) is 27.1. The van der Waals surface area contributed by atoms with Crippen molar-refractivity contribution in [1.29, 1.82) is 0 Å². The minimum atomic E-state index is -3.27. The third-order valence-electron chi connectivity index (χ3n) is 12.4. The van der Waals surface area contributed by atoms with Crippen LogP contribution in [0.4, 0.5) is 0 Å². The molecule has 0 aromatic heterocycles. The van der Waals surface area contributed by atoms with E-state index in [1.807, 2.05) is 30.3 Å². The summed E-state index contributed by atoms with van der Waals surface area (Å²) in [7, 11) is -1.74. The number of rotatable bonds is 9. The van der Waals surface area contributed by atoms with Gasteiger partial charge < -0.3 is 9.05 Å². The van der Waals surface area contributed by atoms with Crippen molar-refractivity contribution in [2.45, 2.75) is 118 Å². The molecule has 0 N–H and O–H groups in total. The van der Waals surface area contributed by atoms with Crippen molar-refractivity contribution < 1.29 is 13.6 Å². The number of benzene rings is 1. The molecule has 0 radical (unpaired) electrons. The van der Waals surface area contributed by atoms with Crippen molar-refractivity contribution in [3.05, 3.63) is 30.3 Å². The van der Waals surface area contributed by atoms with Gasteiger partial charge in [-0.2, -0.15) is 0 Å². The first-order chi connectivity index (χ1) is 18.1. The van der Waals surface area contributed by atoms with Gasteiger partial charge in [0.15, 0.2) is 0 Å². The molecule has 1 unspecified atom stereocenters. The minimum absolute atomic E-state index is 0.0343. The average Bonchev–Trinajstić information content (AvgIpc) is 3.26. The van der Waals surface area contributed by atoms with Crippen molar-refractivity contribution in [2.24, 2.45) is 52.3 Å². The van der Waals surface area contributed by atoms with Gasteiger partial charge >= 0.3 is 7.60 Å². The largest absolute Gasteiger partial charge is 0.361 e. The molecule has 0 saturated heterocycles. The van der Waals surface area contributed by atoms with Gasteiger partial charge in [-0.15, -0.1) is 0 Å². The predicted molar refractivity (Wildman–Crippen MR) is 159 cm³/mol. The van der Waals surface area contributed by atoms with Gasteiger partial charge in [0.25, 0.3) is 0 Å². The van der Waals surface area contributed by atoms with E-state index in [0.717, 1.165) is 48.3 Å². The van der Waals surface area contributed by atoms with Crippen LogP contribution in [-0.4, -0.2) is 13.2 Å². The third kappa shape index (κ3) is 5.23. The number of hydrogen-bond donors (Lipinski definition) is 0. The van der Waals surface area contributed by atoms with E-state index in [-0.39, 0.29) is 6.10 Å². The van der Waals surface area contributed by atoms with E-state index in [1.54, 1.807) is 0 Å². The Kier molecular flexibility index (Phi) is 8.61. The zero-order valence-corrected chi connectivity index (χ0v) is 26.1. The molecule has 5 rings (SSSR count). The minimum Gasteiger partial charge on any atom is -0.309 e. The summed E-state index contributed by atoms with van der Waals surface area (Å²) in [5.74, 6) is 6.02. The van der Waals surface area contributed by atoms with Crippen LogP contribution in [0.25, 0.3) is 0 Å². The second-order valence-electron chi connectivity index (χ2n) is 14.7. The van der Waals surface area contributed by atoms with E-state index < -0.39 is 7.60 Å². The van der Waals surface area contributed by atoms with Gasteiger partial charge in [0.05, 0.1) is 11.4 Å². The maximum Gasteiger partial charge on any atom is 0.361 e. The Bertz CT molecular complexity index is 977. The van der Waals surface area contributed by atoms with E-state index in [2.05, 4.69) is 34.6 Å². The van der Waals surface area contributed by atoms with Crippen molar-refractivity contribution in [2.75, 3.05) is 7.11 Å². The van der Waals surface area contributed by atoms with Gasteiger partial charge in [-0.05, 0) is 122 Å². The van der Waals surface area contributed by atoms with Crippen LogP contribution in [0.2, 0.25) is 0 Å². The van der Waals surface area contributed by atoms with Crippen molar-refractivity contribution >= 4 is 12.9 Å². The average molecular weight is 543 g/mol. The third-order valence-corrected chi connectivity index (χ3v) is 14.4. The van der Waals surface area contributed by atoms with Crippen LogP contribution in [0, 0.1) is 52.3 Å². The van der Waals surface area contributed by atoms with E-state index in [9.17, 15) is 4.57 Å². The fourth-order valence-electron chi connectivity index (χ4n) is 10.4. The van der Waals surface area contributed by atoms with Crippen LogP contribution >= 0.6 is 7.60 Å². The molecule has 38 heavy (non-hydrogen) atoms. The lowest BCUT2D eigenvalue weighted by atomic mass is 9.44. The molecule has 4 aliphatic rings. The number of fused-ring (bicyclic) bond motifs is 5. The standard InChI is InChI=1S/C34H55O3P/c1-24(2)11-10-12-25(3)30-17-18-31-29-16-15-26-23-27(37-38(35,36-6)28-13-8-7-9-14-28)19-21-33(26,4)32(29)20-22-34(30,31)5/h7-9,13-14,24-27,29-32H,10-12,15-23H2,1-6H3/t25-,26+,27+,29+,30-,31+,32+,33+,34-,38?/m1/s1. The van der Waals surface area contributed by atoms with Crippen LogP contribution in [0.3, 0.4) is 0 Å². The molecule has 0 heterocycles. The van der Waals surface area contributed by atoms with E-state index in [0.29, 0.717) is 22.1 Å². The molecule has 0 aliphatic heterocycles. The molecule has 0 spiro atoms. The Morgan fingerprint density at radius 2 is 1.61 bits per heavy atom. The predicted octanol–water partition coefficient (Wildman–Crippen LogP) is 9.66. The monoisotopic (exact) mass is 542 g/mol. The smallest absolute Gasteiger partial charge is 0.309 e. The van der Waals surface area contributed by atoms with Crippen LogP contribution < -0.4 is 5.30 Å². The fraction of sp³-hybridized carbons (Fsp3) is 0.824. The first-order valence-electron chi connectivity index (χ1n) is 16.0. The Hall–Kier alpha value is -0.630. The van der Waals surface area contributed by atoms with Crippen LogP contribution in [0.1, 0.15) is 112 Å². The molecule has 3 nitrogen and oxygen atoms in total. The highest BCUT2D eigenvalue weighted by atomic mass is 31.2. The summed E-state index contributed by atoms with van der Waals surface area (Å²) in [6.07, 6.45) is 16.0. The summed E-state index contributed by atoms with van der Waals surface area (Å²) in [5, 5.41) is 0.681. The molecule has 1 aromatic carbocycles. The lowest BCUT2D eigenvalue weighted by Gasteiger charge is -2.61. The molecule has 4 aliphatic carbocycles. The Balaban J connectivity index is 1.24. The maximum atomic E-state index is 13.6. The summed E-state index contributed by atoms with van der Waals surface area (Å²) < 4.78 is 25.5. The summed E-state index contributed by atoms with van der Waals surface area (Å²) in [4.78, 5) is 0. The fourth-order valence-corrected chi connectivity index (χ4v) is 11.9. The van der Waals surface area contributed by atoms with Gasteiger partial charge in [0, 0.05) is 7.11 Å². The molecule has 10 atom stereocenters. The molecule has 214 valence electrons. The van der Waals surface area contributed by atoms with Crippen LogP contribution in [0.5, 0.6) is 0 Å². The van der Waals surface area contributed by atoms with Crippen LogP contribution in [-0.2, 0) is 13.6 Å². The van der Waals surface area contributed by atoms with E-state index >= 15 is 0 Å². The first-order valence-corrected chi connectivity index (χ1v) is 17.5. The zero-order valence-electron chi connectivity index (χ0n) is 25.2. The normalized spacial score (nSPS) is 41.1. The highest BCUT2D eigenvalue weighted by molar-refractivity contribution is 7.62. The molecule has 1 aromatic rings. The molecule has 4 heteroatoms. The maximum absolute atomic E-state index is 13.6. The van der Waals surface area contributed by atoms with Crippen molar-refractivity contribution in [3.8, 4) is 0 Å². The van der Waals surface area contributed by atoms with Crippen molar-refractivity contribution in [3.63, 3.8) is 0 Å². The SMILES string of the molecule is COP(=O)(O[C@H]1CC[C@@]2(C)[C@@H](CC[C@@H]3[C@@H]2CC[C@]2(C)[C@@H]([C@H](C)CCCC(C)C)CC[C@@H]32)C1)c1ccccc1. The summed E-state index contributed by atoms with van der Waals surface area (Å²) >= 11 is 0. The van der Waals surface area contributed by atoms with E-state index in [1.165, 1.54) is 71.3 Å². The Morgan fingerprint density at radius 1 is 0.895 bits per heavy atom. The van der Waals surface area contributed by atoms with Gasteiger partial charge in [-0.25, -0.2) is 0 Å². The second-order valence-corrected chi connectivity index (χ2v) is 16.8. The topological polar surface area (TPSA) is 35.5 Å². The van der Waals surface area contributed by atoms with Crippen LogP contribution in [0.15, 0.2) is 30.3 Å². The first kappa shape index (κ1) is 28.9. The summed E-state index contributed by atoms with van der Waals surface area (Å²) in [6.45, 7) is 12.7. The summed E-state index contributed by atoms with van der Waals surface area (Å²) in [6, 6.07) is 9.53. The molecular formula is C34H55O3P. The van der Waals surface area contributed by atoms with Crippen molar-refractivity contribution in [1.82, 2.24) is 0 Å². The Morgan fingerprint density at radius 3 is 2.32 bits per heavy atom.